The lowest BCUT2D eigenvalue weighted by atomic mass is 9.76. The van der Waals surface area contributed by atoms with Gasteiger partial charge < -0.3 is 5.32 Å². The Bertz CT molecular complexity index is 1070. The van der Waals surface area contributed by atoms with Crippen LogP contribution in [-0.2, 0) is 0 Å². The summed E-state index contributed by atoms with van der Waals surface area (Å²) in [5, 5.41) is 3.60. The molecule has 1 unspecified atom stereocenters. The van der Waals surface area contributed by atoms with Crippen LogP contribution in [-0.4, -0.2) is 25.5 Å². The fourth-order valence-corrected chi connectivity index (χ4v) is 5.90. The van der Waals surface area contributed by atoms with Crippen molar-refractivity contribution < 1.29 is 0 Å². The largest absolute Gasteiger partial charge is 0.384 e. The highest BCUT2D eigenvalue weighted by atomic mass is 79.9. The summed E-state index contributed by atoms with van der Waals surface area (Å²) in [6.45, 7) is 13.1. The molecule has 1 fully saturated rings. The molecule has 3 nitrogen and oxygen atoms in total. The smallest absolute Gasteiger partial charge is 0.0565 e. The van der Waals surface area contributed by atoms with Gasteiger partial charge in [0, 0.05) is 37.1 Å². The highest BCUT2D eigenvalue weighted by molar-refractivity contribution is 9.12. The molecule has 218 valence electrons. The monoisotopic (exact) mass is 605 g/mol. The molecule has 0 radical (unpaired) electrons. The molecule has 0 spiro atoms. The summed E-state index contributed by atoms with van der Waals surface area (Å²) < 4.78 is 0.933. The maximum Gasteiger partial charge on any atom is 0.0565 e. The molecule has 0 heterocycles. The van der Waals surface area contributed by atoms with Gasteiger partial charge in [-0.2, -0.15) is 0 Å². The Morgan fingerprint density at radius 2 is 1.85 bits per heavy atom. The Morgan fingerprint density at radius 1 is 1.12 bits per heavy atom. The number of rotatable bonds is 16. The van der Waals surface area contributed by atoms with Gasteiger partial charge in [-0.25, -0.2) is 0 Å². The van der Waals surface area contributed by atoms with Gasteiger partial charge in [0.05, 0.1) is 10.2 Å². The van der Waals surface area contributed by atoms with E-state index >= 15 is 0 Å². The molecule has 4 heteroatoms. The van der Waals surface area contributed by atoms with E-state index in [0.29, 0.717) is 5.92 Å². The average Bonchev–Trinajstić information content (AvgIpc) is 2.97. The topological polar surface area (TPSA) is 36.8 Å². The molecule has 0 amide bonds. The van der Waals surface area contributed by atoms with Crippen molar-refractivity contribution in [3.8, 4) is 0 Å². The van der Waals surface area contributed by atoms with Gasteiger partial charge in [-0.3, -0.25) is 9.98 Å². The van der Waals surface area contributed by atoms with Crippen LogP contribution < -0.4 is 5.32 Å². The molecule has 1 aromatic rings. The third kappa shape index (κ3) is 12.4. The number of hydrogen-bond donors (Lipinski definition) is 1. The minimum Gasteiger partial charge on any atom is -0.384 e. The van der Waals surface area contributed by atoms with E-state index < -0.39 is 0 Å². The van der Waals surface area contributed by atoms with Gasteiger partial charge in [0.1, 0.15) is 0 Å². The number of benzene rings is 1. The number of nitrogens with one attached hydrogen (secondary N) is 1. The molecule has 1 aliphatic carbocycles. The second-order valence-corrected chi connectivity index (χ2v) is 11.9. The van der Waals surface area contributed by atoms with Crippen LogP contribution in [0.3, 0.4) is 0 Å². The fraction of sp³-hybridized carbons (Fsp3) is 0.500. The third-order valence-corrected chi connectivity index (χ3v) is 8.75. The van der Waals surface area contributed by atoms with Gasteiger partial charge >= 0.3 is 0 Å². The molecule has 1 atom stereocenters. The van der Waals surface area contributed by atoms with Gasteiger partial charge in [0.25, 0.3) is 0 Å². The van der Waals surface area contributed by atoms with Crippen LogP contribution in [0.5, 0.6) is 0 Å². The van der Waals surface area contributed by atoms with Crippen molar-refractivity contribution in [1.82, 2.24) is 5.32 Å². The molecule has 1 saturated carbocycles. The summed E-state index contributed by atoms with van der Waals surface area (Å²) in [5.74, 6) is 2.05. The second kappa shape index (κ2) is 19.6. The summed E-state index contributed by atoms with van der Waals surface area (Å²) >= 11 is 3.66. The molecule has 1 N–H and O–H groups in total. The number of hydrogen-bond acceptors (Lipinski definition) is 3. The maximum absolute atomic E-state index is 5.16. The standard InChI is InChI=1S/C36H52BrN3/c1-7-10-16-30(9-3)26-39-28(4)25-36(40-29(5)35(37)27-38-6)34(15-8-2)20-14-17-31-21-23-33(24-22-31)32-18-12-11-13-19-32/h7,9-13,16,18-19,25,27,31,33-34,39H,1,8,14-15,17,20-24,26H2,2-6H3/b16-10-,28-25+,30-9+,35-29-,38-27?,40-36+. The zero-order chi connectivity index (χ0) is 29.2. The van der Waals surface area contributed by atoms with Crippen molar-refractivity contribution in [3.63, 3.8) is 0 Å². The van der Waals surface area contributed by atoms with Gasteiger partial charge in [0.15, 0.2) is 0 Å². The van der Waals surface area contributed by atoms with E-state index in [1.165, 1.54) is 61.8 Å². The fourth-order valence-electron chi connectivity index (χ4n) is 5.61. The molecule has 1 aliphatic rings. The maximum atomic E-state index is 5.16. The van der Waals surface area contributed by atoms with Gasteiger partial charge in [0.2, 0.25) is 0 Å². The normalized spacial score (nSPS) is 20.6. The van der Waals surface area contributed by atoms with E-state index in [0.717, 1.165) is 47.1 Å². The molecule has 0 aromatic heterocycles. The van der Waals surface area contributed by atoms with Crippen LogP contribution in [0.4, 0.5) is 0 Å². The summed E-state index contributed by atoms with van der Waals surface area (Å²) in [5.41, 5.74) is 6.03. The van der Waals surface area contributed by atoms with Crippen LogP contribution >= 0.6 is 15.9 Å². The predicted molar refractivity (Wildman–Crippen MR) is 182 cm³/mol. The third-order valence-electron chi connectivity index (χ3n) is 7.98. The summed E-state index contributed by atoms with van der Waals surface area (Å²) in [6, 6.07) is 11.1. The molecule has 1 aromatic carbocycles. The first kappa shape index (κ1) is 33.7. The Balaban J connectivity index is 2.10. The van der Waals surface area contributed by atoms with E-state index in [1.54, 1.807) is 7.05 Å². The van der Waals surface area contributed by atoms with Crippen LogP contribution in [0.1, 0.15) is 97.0 Å². The molecule has 2 rings (SSSR count). The highest BCUT2D eigenvalue weighted by Crippen LogP contribution is 2.38. The van der Waals surface area contributed by atoms with Crippen LogP contribution in [0.25, 0.3) is 0 Å². The number of allylic oxidation sites excluding steroid dienone is 7. The Hall–Kier alpha value is -2.46. The lowest BCUT2D eigenvalue weighted by Crippen LogP contribution is -2.19. The van der Waals surface area contributed by atoms with E-state index in [1.807, 2.05) is 18.4 Å². The van der Waals surface area contributed by atoms with Gasteiger partial charge in [-0.15, -0.1) is 0 Å². The van der Waals surface area contributed by atoms with Crippen LogP contribution in [0.15, 0.2) is 98.7 Å². The summed E-state index contributed by atoms with van der Waals surface area (Å²) in [4.78, 5) is 9.33. The Morgan fingerprint density at radius 3 is 2.48 bits per heavy atom. The first-order valence-corrected chi connectivity index (χ1v) is 16.0. The molecular formula is C36H52BrN3. The zero-order valence-corrected chi connectivity index (χ0v) is 27.2. The Labute approximate surface area is 253 Å². The SMILES string of the molecule is C=C/C=C\C(=C/C)CN/C(C)=C/C(=N\C(C)=C(/Br)C=NC)C(CCC)CCCC1CCC(c2ccccc2)CC1. The van der Waals surface area contributed by atoms with E-state index in [2.05, 4.69) is 109 Å². The summed E-state index contributed by atoms with van der Waals surface area (Å²) in [6.07, 6.45) is 23.6. The van der Waals surface area contributed by atoms with Crippen molar-refractivity contribution >= 4 is 27.9 Å². The summed E-state index contributed by atoms with van der Waals surface area (Å²) in [7, 11) is 1.79. The highest BCUT2D eigenvalue weighted by Gasteiger charge is 2.23. The zero-order valence-electron chi connectivity index (χ0n) is 25.6. The molecular weight excluding hydrogens is 554 g/mol. The van der Waals surface area contributed by atoms with E-state index in [9.17, 15) is 0 Å². The number of nitrogens with zero attached hydrogens (tertiary/aromatic N) is 2. The number of aliphatic imine (C=N–C) groups is 2. The second-order valence-electron chi connectivity index (χ2n) is 11.0. The van der Waals surface area contributed by atoms with Crippen molar-refractivity contribution in [2.75, 3.05) is 13.6 Å². The number of halogens is 1. The lowest BCUT2D eigenvalue weighted by Gasteiger charge is -2.29. The van der Waals surface area contributed by atoms with Crippen molar-refractivity contribution in [2.45, 2.75) is 91.4 Å². The van der Waals surface area contributed by atoms with Crippen molar-refractivity contribution in [2.24, 2.45) is 21.8 Å². The van der Waals surface area contributed by atoms with Crippen molar-refractivity contribution in [1.29, 1.82) is 0 Å². The molecule has 0 bridgehead atoms. The van der Waals surface area contributed by atoms with Gasteiger partial charge in [-0.05, 0) is 104 Å². The van der Waals surface area contributed by atoms with E-state index in [4.69, 9.17) is 4.99 Å². The molecule has 40 heavy (non-hydrogen) atoms. The lowest BCUT2D eigenvalue weighted by molar-refractivity contribution is 0.299. The molecule has 0 saturated heterocycles. The minimum absolute atomic E-state index is 0.443. The average molecular weight is 607 g/mol. The quantitative estimate of drug-likeness (QED) is 0.148. The van der Waals surface area contributed by atoms with Crippen LogP contribution in [0.2, 0.25) is 0 Å². The first-order valence-electron chi connectivity index (χ1n) is 15.2. The van der Waals surface area contributed by atoms with E-state index in [-0.39, 0.29) is 0 Å². The Kier molecular flexibility index (Phi) is 16.5. The molecule has 0 aliphatic heterocycles. The van der Waals surface area contributed by atoms with Crippen LogP contribution in [0, 0.1) is 11.8 Å². The van der Waals surface area contributed by atoms with Gasteiger partial charge in [-0.1, -0.05) is 87.4 Å². The van der Waals surface area contributed by atoms with Crippen molar-refractivity contribution in [3.05, 3.63) is 94.3 Å². The first-order chi connectivity index (χ1) is 19.4. The minimum atomic E-state index is 0.443. The predicted octanol–water partition coefficient (Wildman–Crippen LogP) is 10.5.